The van der Waals surface area contributed by atoms with Crippen molar-refractivity contribution >= 4 is 29.0 Å². The van der Waals surface area contributed by atoms with E-state index < -0.39 is 0 Å². The largest absolute Gasteiger partial charge is 0.338 e. The van der Waals surface area contributed by atoms with Crippen molar-refractivity contribution in [2.45, 2.75) is 117 Å². The first-order valence-electron chi connectivity index (χ1n) is 14.5. The summed E-state index contributed by atoms with van der Waals surface area (Å²) in [5, 5.41) is 14.4. The number of anilines is 1. The maximum atomic E-state index is 12.5. The summed E-state index contributed by atoms with van der Waals surface area (Å²) in [6.07, 6.45) is 15.7. The smallest absolute Gasteiger partial charge is 0.319 e. The van der Waals surface area contributed by atoms with Crippen LogP contribution < -0.4 is 10.6 Å². The van der Waals surface area contributed by atoms with Crippen LogP contribution in [0.25, 0.3) is 17.0 Å². The van der Waals surface area contributed by atoms with Gasteiger partial charge in [-0.2, -0.15) is 4.63 Å². The van der Waals surface area contributed by atoms with Gasteiger partial charge in [0.2, 0.25) is 0 Å². The number of urea groups is 1. The van der Waals surface area contributed by atoms with Gasteiger partial charge in [0.1, 0.15) is 5.02 Å². The Morgan fingerprint density at radius 3 is 2.16 bits per heavy atom. The molecule has 2 heterocycles. The van der Waals surface area contributed by atoms with E-state index in [-0.39, 0.29) is 11.4 Å². The Hall–Kier alpha value is -2.54. The Labute approximate surface area is 233 Å². The molecule has 8 heteroatoms. The monoisotopic (exact) mass is 542 g/mol. The third-order valence-corrected chi connectivity index (χ3v) is 7.41. The number of halogens is 1. The number of hydrogen-bond donors (Lipinski definition) is 3. The van der Waals surface area contributed by atoms with Crippen molar-refractivity contribution in [3.8, 4) is 11.4 Å². The molecule has 0 radical (unpaired) electrons. The molecule has 7 nitrogen and oxygen atoms in total. The quantitative estimate of drug-likeness (QED) is 0.168. The van der Waals surface area contributed by atoms with Crippen LogP contribution in [0.3, 0.4) is 0 Å². The standard InChI is InChI=1S/C30H47ClN6O/c1-6-7-8-9-10-11-12-13-14-15-16-17-20-32-29(38)33-24-21-23(19-18-22(24)2)27-34-28-25(31)26(30(3,4)5)35-37(28)36-27/h18-19,21,35H,6-17,20H2,1-5H3,(H2,32,33,38). The van der Waals surface area contributed by atoms with Gasteiger partial charge in [0, 0.05) is 23.2 Å². The van der Waals surface area contributed by atoms with Crippen molar-refractivity contribution in [3.05, 3.63) is 34.5 Å². The van der Waals surface area contributed by atoms with Gasteiger partial charge < -0.3 is 10.6 Å². The third kappa shape index (κ3) is 8.75. The SMILES string of the molecule is CCCCCCCCCCCCCCNC(=O)Nc1cc(-c2nc3c(Cl)c(C(C)(C)C)[nH]n3n2)ccc1C. The second kappa shape index (κ2) is 14.6. The van der Waals surface area contributed by atoms with Gasteiger partial charge in [-0.15, -0.1) is 5.10 Å². The van der Waals surface area contributed by atoms with Gasteiger partial charge in [-0.05, 0) is 25.0 Å². The second-order valence-corrected chi connectivity index (χ2v) is 11.9. The summed E-state index contributed by atoms with van der Waals surface area (Å²) in [6.45, 7) is 11.2. The average Bonchev–Trinajstić information content (AvgIpc) is 3.43. The van der Waals surface area contributed by atoms with Gasteiger partial charge in [0.15, 0.2) is 11.5 Å². The number of carbonyl (C=O) groups excluding carboxylic acids is 1. The van der Waals surface area contributed by atoms with Gasteiger partial charge >= 0.3 is 6.03 Å². The van der Waals surface area contributed by atoms with Crippen LogP contribution in [-0.4, -0.2) is 32.4 Å². The maximum Gasteiger partial charge on any atom is 0.319 e. The van der Waals surface area contributed by atoms with Crippen LogP contribution in [0.2, 0.25) is 5.02 Å². The molecule has 0 unspecified atom stereocenters. The summed E-state index contributed by atoms with van der Waals surface area (Å²) in [5.74, 6) is 0.554. The summed E-state index contributed by atoms with van der Waals surface area (Å²) in [7, 11) is 0. The number of aromatic amines is 1. The molecule has 0 spiro atoms. The number of nitrogens with one attached hydrogen (secondary N) is 3. The van der Waals surface area contributed by atoms with Crippen LogP contribution in [0, 0.1) is 6.92 Å². The highest BCUT2D eigenvalue weighted by Crippen LogP contribution is 2.32. The van der Waals surface area contributed by atoms with Crippen molar-refractivity contribution in [1.29, 1.82) is 0 Å². The molecule has 0 saturated heterocycles. The molecule has 38 heavy (non-hydrogen) atoms. The maximum absolute atomic E-state index is 12.5. The number of fused-ring (bicyclic) bond motifs is 1. The minimum Gasteiger partial charge on any atom is -0.338 e. The number of H-pyrrole nitrogens is 1. The third-order valence-electron chi connectivity index (χ3n) is 7.05. The van der Waals surface area contributed by atoms with Gasteiger partial charge in [-0.1, -0.05) is 122 Å². The highest BCUT2D eigenvalue weighted by atomic mass is 35.5. The van der Waals surface area contributed by atoms with Gasteiger partial charge in [0.05, 0.1) is 5.69 Å². The van der Waals surface area contributed by atoms with Crippen LogP contribution in [0.15, 0.2) is 18.2 Å². The second-order valence-electron chi connectivity index (χ2n) is 11.5. The molecule has 0 atom stereocenters. The van der Waals surface area contributed by atoms with Crippen LogP contribution in [-0.2, 0) is 5.41 Å². The first kappa shape index (κ1) is 30.0. The number of unbranched alkanes of at least 4 members (excludes halogenated alkanes) is 11. The van der Waals surface area contributed by atoms with E-state index >= 15 is 0 Å². The molecular formula is C30H47ClN6O. The minimum absolute atomic E-state index is 0.138. The van der Waals surface area contributed by atoms with E-state index in [2.05, 4.69) is 53.5 Å². The molecule has 0 saturated carbocycles. The number of aryl methyl sites for hydroxylation is 1. The van der Waals surface area contributed by atoms with Crippen LogP contribution in [0.1, 0.15) is 116 Å². The number of benzene rings is 1. The number of rotatable bonds is 15. The van der Waals surface area contributed by atoms with E-state index in [4.69, 9.17) is 11.6 Å². The lowest BCUT2D eigenvalue weighted by Gasteiger charge is -2.16. The normalized spacial score (nSPS) is 11.8. The van der Waals surface area contributed by atoms with Crippen molar-refractivity contribution in [1.82, 2.24) is 25.1 Å². The van der Waals surface area contributed by atoms with E-state index in [1.54, 1.807) is 4.63 Å². The number of carbonyl (C=O) groups is 1. The number of nitrogens with zero attached hydrogens (tertiary/aromatic N) is 3. The molecule has 2 aromatic heterocycles. The Kier molecular flexibility index (Phi) is 11.5. The van der Waals surface area contributed by atoms with Crippen molar-refractivity contribution in [3.63, 3.8) is 0 Å². The molecule has 2 amide bonds. The lowest BCUT2D eigenvalue weighted by molar-refractivity contribution is 0.252. The molecule has 210 valence electrons. The molecule has 1 aromatic carbocycles. The van der Waals surface area contributed by atoms with Gasteiger partial charge in [-0.25, -0.2) is 9.78 Å². The first-order valence-corrected chi connectivity index (χ1v) is 14.9. The predicted molar refractivity (Wildman–Crippen MR) is 159 cm³/mol. The summed E-state index contributed by atoms with van der Waals surface area (Å²) in [5.41, 5.74) is 3.90. The fourth-order valence-electron chi connectivity index (χ4n) is 4.65. The lowest BCUT2D eigenvalue weighted by Crippen LogP contribution is -2.29. The lowest BCUT2D eigenvalue weighted by atomic mass is 9.92. The summed E-state index contributed by atoms with van der Waals surface area (Å²) >= 11 is 6.58. The van der Waals surface area contributed by atoms with Crippen LogP contribution in [0.5, 0.6) is 0 Å². The Morgan fingerprint density at radius 1 is 0.974 bits per heavy atom. The van der Waals surface area contributed by atoms with Gasteiger partial charge in [-0.3, -0.25) is 5.10 Å². The number of amides is 2. The number of aromatic nitrogens is 4. The van der Waals surface area contributed by atoms with E-state index in [0.717, 1.165) is 35.3 Å². The summed E-state index contributed by atoms with van der Waals surface area (Å²) in [6, 6.07) is 5.65. The minimum atomic E-state index is -0.184. The number of hydrogen-bond acceptors (Lipinski definition) is 3. The molecule has 0 bridgehead atoms. The van der Waals surface area contributed by atoms with Crippen molar-refractivity contribution < 1.29 is 4.79 Å². The van der Waals surface area contributed by atoms with Crippen LogP contribution in [0.4, 0.5) is 10.5 Å². The first-order chi connectivity index (χ1) is 18.2. The van der Waals surface area contributed by atoms with Gasteiger partial charge in [0.25, 0.3) is 0 Å². The zero-order valence-corrected chi connectivity index (χ0v) is 24.8. The van der Waals surface area contributed by atoms with E-state index in [1.165, 1.54) is 64.2 Å². The molecule has 0 aliphatic heterocycles. The summed E-state index contributed by atoms with van der Waals surface area (Å²) in [4.78, 5) is 17.2. The van der Waals surface area contributed by atoms with Crippen molar-refractivity contribution in [2.75, 3.05) is 11.9 Å². The topological polar surface area (TPSA) is 87.1 Å². The Morgan fingerprint density at radius 2 is 1.58 bits per heavy atom. The molecule has 0 aliphatic carbocycles. The summed E-state index contributed by atoms with van der Waals surface area (Å²) < 4.78 is 1.62. The fraction of sp³-hybridized carbons (Fsp3) is 0.633. The molecule has 3 N–H and O–H groups in total. The molecule has 0 fully saturated rings. The fourth-order valence-corrected chi connectivity index (χ4v) is 5.10. The predicted octanol–water partition coefficient (Wildman–Crippen LogP) is 8.81. The molecule has 3 aromatic rings. The van der Waals surface area contributed by atoms with E-state index in [1.807, 2.05) is 25.1 Å². The average molecular weight is 543 g/mol. The molecule has 0 aliphatic rings. The zero-order valence-electron chi connectivity index (χ0n) is 24.1. The molecular weight excluding hydrogens is 496 g/mol. The Bertz CT molecular complexity index is 1160. The van der Waals surface area contributed by atoms with E-state index in [9.17, 15) is 4.79 Å². The highest BCUT2D eigenvalue weighted by molar-refractivity contribution is 6.34. The van der Waals surface area contributed by atoms with E-state index in [0.29, 0.717) is 23.0 Å². The van der Waals surface area contributed by atoms with Crippen molar-refractivity contribution in [2.24, 2.45) is 0 Å². The zero-order chi connectivity index (χ0) is 27.5. The highest BCUT2D eigenvalue weighted by Gasteiger charge is 2.24. The Balaban J connectivity index is 1.40. The van der Waals surface area contributed by atoms with Crippen LogP contribution >= 0.6 is 11.6 Å². The molecule has 3 rings (SSSR count).